The Bertz CT molecular complexity index is 127. The normalized spacial score (nSPS) is 9.83. The molecule has 0 unspecified atom stereocenters. The number of hydrogen-bond acceptors (Lipinski definition) is 2. The highest BCUT2D eigenvalue weighted by atomic mass is 31.2. The van der Waals surface area contributed by atoms with Gasteiger partial charge in [-0.05, 0) is 0 Å². The van der Waals surface area contributed by atoms with Crippen molar-refractivity contribution in [2.24, 2.45) is 0 Å². The van der Waals surface area contributed by atoms with Gasteiger partial charge in [-0.2, -0.15) is 0 Å². The van der Waals surface area contributed by atoms with Gasteiger partial charge >= 0.3 is 15.6 Å². The molecule has 0 radical (unpaired) electrons. The van der Waals surface area contributed by atoms with E-state index in [4.69, 9.17) is 38.5 Å². The lowest BCUT2D eigenvalue weighted by Gasteiger charge is -1.82. The third-order valence-electron chi connectivity index (χ3n) is 0. The van der Waals surface area contributed by atoms with Gasteiger partial charge < -0.3 is 29.4 Å². The van der Waals surface area contributed by atoms with Crippen LogP contribution in [-0.2, 0) is 9.13 Å². The number of hydrogen-bond donors (Lipinski definition) is 6. The van der Waals surface area contributed by atoms with Crippen molar-refractivity contribution in [3.05, 3.63) is 0 Å². The van der Waals surface area contributed by atoms with Crippen molar-refractivity contribution in [3.63, 3.8) is 0 Å². The summed E-state index contributed by atoms with van der Waals surface area (Å²) in [6.07, 6.45) is 0. The largest absolute Gasteiger partial charge is 0.466 e. The van der Waals surface area contributed by atoms with Gasteiger partial charge in [0.2, 0.25) is 0 Å². The van der Waals surface area contributed by atoms with Gasteiger partial charge in [-0.15, -0.1) is 0 Å². The molecule has 0 aromatic carbocycles. The van der Waals surface area contributed by atoms with Crippen molar-refractivity contribution < 1.29 is 38.5 Å². The van der Waals surface area contributed by atoms with E-state index in [1.165, 1.54) is 0 Å². The minimum Gasteiger partial charge on any atom is -0.303 e. The highest BCUT2D eigenvalue weighted by Crippen LogP contribution is 2.26. The van der Waals surface area contributed by atoms with Crippen molar-refractivity contribution in [3.8, 4) is 0 Å². The Morgan fingerprint density at radius 1 is 0.583 bits per heavy atom. The maximum Gasteiger partial charge on any atom is 0.466 e. The fourth-order valence-electron chi connectivity index (χ4n) is 0. The van der Waals surface area contributed by atoms with Crippen LogP contribution in [0.1, 0.15) is 14.9 Å². The van der Waals surface area contributed by atoms with Gasteiger partial charge in [0, 0.05) is 0 Å². The molecule has 80 valence electrons. The van der Waals surface area contributed by atoms with E-state index in [0.29, 0.717) is 0 Å². The zero-order valence-corrected chi connectivity index (χ0v) is 6.18. The Kier molecular flexibility index (Phi) is 14.9. The molecule has 0 fully saturated rings. The summed E-state index contributed by atoms with van der Waals surface area (Å²) < 4.78 is 17.8. The van der Waals surface area contributed by atoms with Crippen LogP contribution < -0.4 is 0 Å². The van der Waals surface area contributed by atoms with E-state index in [1.807, 2.05) is 0 Å². The molecule has 10 heteroatoms. The minimum atomic E-state index is -4.64. The van der Waals surface area contributed by atoms with Crippen molar-refractivity contribution in [2.75, 3.05) is 0 Å². The zero-order chi connectivity index (χ0) is 9.00. The maximum atomic E-state index is 8.88. The molecule has 0 saturated heterocycles. The van der Waals surface area contributed by atoms with Gasteiger partial charge in [-0.1, -0.05) is 14.9 Å². The molecule has 12 heavy (non-hydrogen) atoms. The lowest BCUT2D eigenvalue weighted by Crippen LogP contribution is -1.66. The van der Waals surface area contributed by atoms with Crippen molar-refractivity contribution in [1.29, 1.82) is 0 Å². The van der Waals surface area contributed by atoms with Gasteiger partial charge in [-0.25, -0.2) is 9.13 Å². The lowest BCUT2D eigenvalue weighted by atomic mass is 12.0. The molecule has 0 aliphatic heterocycles. The quantitative estimate of drug-likeness (QED) is 0.300. The Labute approximate surface area is 70.0 Å². The van der Waals surface area contributed by atoms with Gasteiger partial charge in [0.1, 0.15) is 0 Å². The first-order valence-corrected chi connectivity index (χ1v) is 4.70. The van der Waals surface area contributed by atoms with Crippen LogP contribution in [0.25, 0.3) is 0 Å². The second kappa shape index (κ2) is 7.85. The van der Waals surface area contributed by atoms with Crippen LogP contribution in [0.5, 0.6) is 0 Å². The minimum absolute atomic E-state index is 0. The molecule has 0 heterocycles. The summed E-state index contributed by atoms with van der Waals surface area (Å²) in [6.45, 7) is 0. The van der Waals surface area contributed by atoms with Crippen LogP contribution in [-0.4, -0.2) is 29.4 Å². The predicted molar refractivity (Wildman–Crippen MR) is 42.0 cm³/mol. The summed E-state index contributed by atoms with van der Waals surface area (Å²) in [5.41, 5.74) is 0. The topological polar surface area (TPSA) is 156 Å². The lowest BCUT2D eigenvalue weighted by molar-refractivity contribution is 0.272. The fraction of sp³-hybridized carbons (Fsp3) is 1.00. The molecule has 0 aliphatic carbocycles. The highest BCUT2D eigenvalue weighted by Gasteiger charge is 2.00. The summed E-state index contributed by atoms with van der Waals surface area (Å²) in [5, 5.41) is 0. The van der Waals surface area contributed by atoms with Crippen molar-refractivity contribution >= 4 is 15.6 Å². The first-order valence-electron chi connectivity index (χ1n) is 1.57. The molecule has 6 N–H and O–H groups in total. The van der Waals surface area contributed by atoms with Crippen LogP contribution in [0.15, 0.2) is 0 Å². The standard InChI is InChI=1S/2CH4.2H3O4P/c;;2*1-5(2,3)4/h2*1H4;2*(H3,1,2,3,4). The molecule has 0 aliphatic rings. The second-order valence-electron chi connectivity index (χ2n) is 1.03. The first kappa shape index (κ1) is 22.8. The molecule has 0 aromatic heterocycles. The molecule has 0 rings (SSSR count). The van der Waals surface area contributed by atoms with Crippen LogP contribution >= 0.6 is 15.6 Å². The second-order valence-corrected chi connectivity index (χ2v) is 3.08. The Balaban J connectivity index is -0.0000000457. The van der Waals surface area contributed by atoms with E-state index in [1.54, 1.807) is 0 Å². The zero-order valence-electron chi connectivity index (χ0n) is 4.39. The summed E-state index contributed by atoms with van der Waals surface area (Å²) in [7, 11) is -9.28. The molecule has 0 amide bonds. The van der Waals surface area contributed by atoms with Crippen molar-refractivity contribution in [2.45, 2.75) is 14.9 Å². The highest BCUT2D eigenvalue weighted by molar-refractivity contribution is 7.45. The SMILES string of the molecule is C.C.O=P(O)(O)O.O=P(O)(O)O. The molecule has 0 spiro atoms. The van der Waals surface area contributed by atoms with Gasteiger partial charge in [-0.3, -0.25) is 0 Å². The van der Waals surface area contributed by atoms with Crippen molar-refractivity contribution in [1.82, 2.24) is 0 Å². The summed E-state index contributed by atoms with van der Waals surface area (Å²) in [5.74, 6) is 0. The Morgan fingerprint density at radius 2 is 0.583 bits per heavy atom. The average Bonchev–Trinajstić information content (AvgIpc) is 1.12. The van der Waals surface area contributed by atoms with E-state index < -0.39 is 15.6 Å². The molecular weight excluding hydrogens is 214 g/mol. The smallest absolute Gasteiger partial charge is 0.303 e. The van der Waals surface area contributed by atoms with Gasteiger partial charge in [0.25, 0.3) is 0 Å². The van der Waals surface area contributed by atoms with E-state index in [-0.39, 0.29) is 14.9 Å². The van der Waals surface area contributed by atoms with Crippen LogP contribution in [0.4, 0.5) is 0 Å². The molecule has 8 nitrogen and oxygen atoms in total. The Hall–Kier alpha value is 0.220. The molecule has 0 bridgehead atoms. The van der Waals surface area contributed by atoms with Crippen LogP contribution in [0, 0.1) is 0 Å². The monoisotopic (exact) mass is 228 g/mol. The third kappa shape index (κ3) is 18000. The van der Waals surface area contributed by atoms with Gasteiger partial charge in [0.15, 0.2) is 0 Å². The fourth-order valence-corrected chi connectivity index (χ4v) is 0. The molecule has 0 saturated carbocycles. The maximum absolute atomic E-state index is 8.88. The summed E-state index contributed by atoms with van der Waals surface area (Å²) in [4.78, 5) is 43.1. The summed E-state index contributed by atoms with van der Waals surface area (Å²) >= 11 is 0. The van der Waals surface area contributed by atoms with E-state index in [9.17, 15) is 0 Å². The molecular formula is C2H14O8P2. The van der Waals surface area contributed by atoms with Gasteiger partial charge in [0.05, 0.1) is 0 Å². The van der Waals surface area contributed by atoms with E-state index in [2.05, 4.69) is 0 Å². The first-order chi connectivity index (χ1) is 4.00. The Morgan fingerprint density at radius 3 is 0.583 bits per heavy atom. The van der Waals surface area contributed by atoms with E-state index in [0.717, 1.165) is 0 Å². The van der Waals surface area contributed by atoms with E-state index >= 15 is 0 Å². The van der Waals surface area contributed by atoms with Crippen LogP contribution in [0.3, 0.4) is 0 Å². The molecule has 0 atom stereocenters. The van der Waals surface area contributed by atoms with Crippen LogP contribution in [0.2, 0.25) is 0 Å². The predicted octanol–water partition coefficient (Wildman–Crippen LogP) is -0.585. The molecule has 0 aromatic rings. The summed E-state index contributed by atoms with van der Waals surface area (Å²) in [6, 6.07) is 0. The average molecular weight is 228 g/mol. The number of rotatable bonds is 0. The third-order valence-corrected chi connectivity index (χ3v) is 0. The number of phosphoric acid groups is 2.